The monoisotopic (exact) mass is 456 g/mol. The van der Waals surface area contributed by atoms with Crippen LogP contribution in [0.1, 0.15) is 61.2 Å². The van der Waals surface area contributed by atoms with Crippen molar-refractivity contribution in [1.82, 2.24) is 30.0 Å². The van der Waals surface area contributed by atoms with Gasteiger partial charge in [0.1, 0.15) is 17.6 Å². The molecule has 1 atom stereocenters. The summed E-state index contributed by atoms with van der Waals surface area (Å²) in [5.74, 6) is 1.53. The molecule has 0 bridgehead atoms. The third kappa shape index (κ3) is 4.35. The zero-order chi connectivity index (χ0) is 23.5. The number of pyridine rings is 1. The topological polar surface area (TPSA) is 98.7 Å². The molecule has 1 aliphatic rings. The summed E-state index contributed by atoms with van der Waals surface area (Å²) in [5, 5.41) is 7.24. The molecule has 8 nitrogen and oxygen atoms in total. The van der Waals surface area contributed by atoms with Crippen molar-refractivity contribution >= 4 is 5.91 Å². The van der Waals surface area contributed by atoms with Crippen molar-refractivity contribution in [3.05, 3.63) is 72.1 Å². The Morgan fingerprint density at radius 1 is 1.00 bits per heavy atom. The third-order valence-corrected chi connectivity index (χ3v) is 6.21. The molecule has 1 aliphatic heterocycles. The van der Waals surface area contributed by atoms with Crippen molar-refractivity contribution in [2.45, 2.75) is 52.1 Å². The zero-order valence-corrected chi connectivity index (χ0v) is 19.4. The summed E-state index contributed by atoms with van der Waals surface area (Å²) in [4.78, 5) is 27.0. The van der Waals surface area contributed by atoms with E-state index in [0.29, 0.717) is 17.4 Å². The molecular formula is C26H28N6O2. The highest BCUT2D eigenvalue weighted by Gasteiger charge is 2.29. The van der Waals surface area contributed by atoms with E-state index in [-0.39, 0.29) is 11.8 Å². The number of amides is 1. The normalized spacial score (nSPS) is 14.4. The summed E-state index contributed by atoms with van der Waals surface area (Å²) < 4.78 is 7.78. The summed E-state index contributed by atoms with van der Waals surface area (Å²) in [6.45, 7) is 4.90. The number of imidazole rings is 1. The Hall–Kier alpha value is -3.81. The number of hydrogen-bond acceptors (Lipinski definition) is 6. The van der Waals surface area contributed by atoms with Gasteiger partial charge in [0.15, 0.2) is 0 Å². The lowest BCUT2D eigenvalue weighted by atomic mass is 10.0. The van der Waals surface area contributed by atoms with Gasteiger partial charge in [0.25, 0.3) is 5.91 Å². The number of carbonyl (C=O) groups is 1. The fourth-order valence-corrected chi connectivity index (χ4v) is 4.41. The van der Waals surface area contributed by atoms with Crippen molar-refractivity contribution in [3.8, 4) is 22.8 Å². The van der Waals surface area contributed by atoms with Gasteiger partial charge in [0, 0.05) is 30.1 Å². The minimum atomic E-state index is -0.432. The van der Waals surface area contributed by atoms with E-state index >= 15 is 0 Å². The summed E-state index contributed by atoms with van der Waals surface area (Å²) in [6.07, 6.45) is 7.47. The van der Waals surface area contributed by atoms with Crippen LogP contribution in [0.4, 0.5) is 0 Å². The Kier molecular flexibility index (Phi) is 6.20. The lowest BCUT2D eigenvalue weighted by molar-refractivity contribution is 0.0908. The van der Waals surface area contributed by atoms with Gasteiger partial charge in [-0.3, -0.25) is 9.78 Å². The minimum absolute atomic E-state index is 0.0458. The van der Waals surface area contributed by atoms with Crippen LogP contribution in [0.25, 0.3) is 22.8 Å². The van der Waals surface area contributed by atoms with Crippen molar-refractivity contribution in [3.63, 3.8) is 0 Å². The first kappa shape index (κ1) is 22.0. The zero-order valence-electron chi connectivity index (χ0n) is 19.4. The number of benzene rings is 1. The Morgan fingerprint density at radius 3 is 2.56 bits per heavy atom. The third-order valence-electron chi connectivity index (χ3n) is 6.21. The van der Waals surface area contributed by atoms with E-state index in [1.54, 1.807) is 12.4 Å². The largest absolute Gasteiger partial charge is 0.339 e. The summed E-state index contributed by atoms with van der Waals surface area (Å²) in [6, 6.07) is 13.3. The van der Waals surface area contributed by atoms with E-state index < -0.39 is 6.04 Å². The number of nitrogens with one attached hydrogen (secondary N) is 1. The molecule has 0 saturated heterocycles. The van der Waals surface area contributed by atoms with Gasteiger partial charge in [-0.25, -0.2) is 4.98 Å². The SMILES string of the molecule is CC(C)C(NC(=O)c1nc(-c2ccccc2)n2c1CCCCC2)c1nc(-c2ccncc2)no1. The fraction of sp³-hybridized carbons (Fsp3) is 0.346. The van der Waals surface area contributed by atoms with Crippen molar-refractivity contribution < 1.29 is 9.32 Å². The Balaban J connectivity index is 1.46. The van der Waals surface area contributed by atoms with Gasteiger partial charge < -0.3 is 14.4 Å². The quantitative estimate of drug-likeness (QED) is 0.445. The van der Waals surface area contributed by atoms with E-state index in [2.05, 4.69) is 25.0 Å². The molecule has 1 aromatic carbocycles. The maximum Gasteiger partial charge on any atom is 0.272 e. The van der Waals surface area contributed by atoms with E-state index in [9.17, 15) is 4.79 Å². The Labute approximate surface area is 198 Å². The Morgan fingerprint density at radius 2 is 1.79 bits per heavy atom. The average molecular weight is 457 g/mol. The minimum Gasteiger partial charge on any atom is -0.339 e. The molecule has 0 spiro atoms. The standard InChI is InChI=1S/C26H28N6O2/c1-17(2)21(26-30-23(31-34-26)18-12-14-27-15-13-18)29-25(33)22-20-11-7-4-8-16-32(20)24(28-22)19-9-5-3-6-10-19/h3,5-6,9-10,12-15,17,21H,4,7-8,11,16H2,1-2H3,(H,29,33). The van der Waals surface area contributed by atoms with Gasteiger partial charge in [-0.1, -0.05) is 55.8 Å². The second-order valence-electron chi connectivity index (χ2n) is 8.95. The van der Waals surface area contributed by atoms with E-state index in [4.69, 9.17) is 9.51 Å². The van der Waals surface area contributed by atoms with Gasteiger partial charge in [0.05, 0.1) is 5.69 Å². The molecule has 1 unspecified atom stereocenters. The summed E-state index contributed by atoms with van der Waals surface area (Å²) in [7, 11) is 0. The molecule has 0 radical (unpaired) electrons. The molecule has 1 amide bonds. The van der Waals surface area contributed by atoms with Crippen molar-refractivity contribution in [2.24, 2.45) is 5.92 Å². The van der Waals surface area contributed by atoms with Gasteiger partial charge in [-0.05, 0) is 37.3 Å². The predicted molar refractivity (Wildman–Crippen MR) is 128 cm³/mol. The first-order valence-corrected chi connectivity index (χ1v) is 11.8. The maximum atomic E-state index is 13.6. The van der Waals surface area contributed by atoms with Crippen molar-refractivity contribution in [2.75, 3.05) is 0 Å². The number of hydrogen-bond donors (Lipinski definition) is 1. The van der Waals surface area contributed by atoms with Gasteiger partial charge in [0.2, 0.25) is 11.7 Å². The number of carbonyl (C=O) groups excluding carboxylic acids is 1. The molecule has 34 heavy (non-hydrogen) atoms. The van der Waals surface area contributed by atoms with E-state index in [0.717, 1.165) is 54.9 Å². The van der Waals surface area contributed by atoms with Crippen LogP contribution in [0.15, 0.2) is 59.4 Å². The molecule has 0 aliphatic carbocycles. The molecule has 0 fully saturated rings. The van der Waals surface area contributed by atoms with Gasteiger partial charge in [-0.2, -0.15) is 4.98 Å². The van der Waals surface area contributed by atoms with Crippen LogP contribution in [-0.2, 0) is 13.0 Å². The number of nitrogens with zero attached hydrogens (tertiary/aromatic N) is 5. The highest BCUT2D eigenvalue weighted by atomic mass is 16.5. The molecule has 5 rings (SSSR count). The smallest absolute Gasteiger partial charge is 0.272 e. The molecule has 8 heteroatoms. The van der Waals surface area contributed by atoms with E-state index in [1.165, 1.54) is 0 Å². The molecule has 1 N–H and O–H groups in total. The Bertz CT molecular complexity index is 1260. The molecular weight excluding hydrogens is 428 g/mol. The van der Waals surface area contributed by atoms with Crippen LogP contribution in [0.2, 0.25) is 0 Å². The van der Waals surface area contributed by atoms with Crippen LogP contribution in [0.3, 0.4) is 0 Å². The van der Waals surface area contributed by atoms with Gasteiger partial charge >= 0.3 is 0 Å². The van der Waals surface area contributed by atoms with E-state index in [1.807, 2.05) is 56.3 Å². The molecule has 0 saturated carbocycles. The summed E-state index contributed by atoms with van der Waals surface area (Å²) in [5.41, 5.74) is 3.31. The van der Waals surface area contributed by atoms with Crippen LogP contribution >= 0.6 is 0 Å². The number of aromatic nitrogens is 5. The molecule has 4 aromatic rings. The number of fused-ring (bicyclic) bond motifs is 1. The van der Waals surface area contributed by atoms with Crippen LogP contribution < -0.4 is 5.32 Å². The summed E-state index contributed by atoms with van der Waals surface area (Å²) >= 11 is 0. The molecule has 4 heterocycles. The lowest BCUT2D eigenvalue weighted by Crippen LogP contribution is -2.33. The first-order chi connectivity index (χ1) is 16.6. The molecule has 3 aromatic heterocycles. The molecule has 174 valence electrons. The van der Waals surface area contributed by atoms with Gasteiger partial charge in [-0.15, -0.1) is 0 Å². The average Bonchev–Trinajstić information content (AvgIpc) is 3.42. The predicted octanol–water partition coefficient (Wildman–Crippen LogP) is 4.85. The van der Waals surface area contributed by atoms with Crippen molar-refractivity contribution in [1.29, 1.82) is 0 Å². The van der Waals surface area contributed by atoms with Crippen LogP contribution in [0, 0.1) is 5.92 Å². The van der Waals surface area contributed by atoms with Crippen LogP contribution in [-0.4, -0.2) is 30.6 Å². The number of rotatable bonds is 6. The highest BCUT2D eigenvalue weighted by molar-refractivity contribution is 5.94. The first-order valence-electron chi connectivity index (χ1n) is 11.8. The second-order valence-corrected chi connectivity index (χ2v) is 8.95. The maximum absolute atomic E-state index is 13.6. The second kappa shape index (κ2) is 9.59. The highest BCUT2D eigenvalue weighted by Crippen LogP contribution is 2.29. The fourth-order valence-electron chi connectivity index (χ4n) is 4.41. The lowest BCUT2D eigenvalue weighted by Gasteiger charge is -2.18. The van der Waals surface area contributed by atoms with Crippen LogP contribution in [0.5, 0.6) is 0 Å².